The third kappa shape index (κ3) is 6.32. The van der Waals surface area contributed by atoms with E-state index in [1.165, 1.54) is 45.6 Å². The average Bonchev–Trinajstić information content (AvgIpc) is 2.86. The summed E-state index contributed by atoms with van der Waals surface area (Å²) in [6.45, 7) is -0.166. The number of benzene rings is 3. The molecule has 0 atom stereocenters. The van der Waals surface area contributed by atoms with E-state index >= 15 is 0 Å². The lowest BCUT2D eigenvalue weighted by atomic mass is 10.2. The van der Waals surface area contributed by atoms with E-state index < -0.39 is 18.5 Å². The molecule has 0 bridgehead atoms. The molecule has 0 aromatic heterocycles. The van der Waals surface area contributed by atoms with Crippen LogP contribution in [0.4, 0.5) is 5.69 Å². The molecular weight excluding hydrogens is 462 g/mol. The molecule has 0 aliphatic carbocycles. The fourth-order valence-corrected chi connectivity index (χ4v) is 3.25. The molecule has 1 N–H and O–H groups in total. The Bertz CT molecular complexity index is 1150. The Kier molecular flexibility index (Phi) is 8.59. The summed E-state index contributed by atoms with van der Waals surface area (Å²) in [5, 5.41) is 2.89. The van der Waals surface area contributed by atoms with Gasteiger partial charge in [0.2, 0.25) is 0 Å². The number of halogens is 1. The fraction of sp³-hybridized carbons (Fsp3) is 0.200. The Hall–Kier alpha value is -3.91. The molecule has 3 aromatic rings. The lowest BCUT2D eigenvalue weighted by Gasteiger charge is -2.14. The fourth-order valence-electron chi connectivity index (χ4n) is 3.01. The van der Waals surface area contributed by atoms with Crippen LogP contribution in [0, 0.1) is 0 Å². The number of amides is 1. The molecule has 0 saturated heterocycles. The summed E-state index contributed by atoms with van der Waals surface area (Å²) in [5.41, 5.74) is 1.52. The van der Waals surface area contributed by atoms with E-state index in [4.69, 9.17) is 35.3 Å². The SMILES string of the molecule is COc1cc(OC)c(NC(=O)COC(=O)c2ccc(OCc3ccccc3)c(OC)c2)cc1Cl. The van der Waals surface area contributed by atoms with Crippen LogP contribution in [0.5, 0.6) is 23.0 Å². The number of anilines is 1. The van der Waals surface area contributed by atoms with Gasteiger partial charge in [-0.25, -0.2) is 4.79 Å². The first-order valence-corrected chi connectivity index (χ1v) is 10.6. The molecule has 0 spiro atoms. The number of hydrogen-bond acceptors (Lipinski definition) is 7. The van der Waals surface area contributed by atoms with Crippen molar-refractivity contribution in [1.29, 1.82) is 0 Å². The number of ether oxygens (including phenoxy) is 5. The van der Waals surface area contributed by atoms with Gasteiger partial charge in [0.05, 0.1) is 37.6 Å². The van der Waals surface area contributed by atoms with Gasteiger partial charge in [-0.15, -0.1) is 0 Å². The molecular formula is C25H24ClNO7. The third-order valence-electron chi connectivity index (χ3n) is 4.72. The molecule has 0 radical (unpaired) electrons. The molecule has 3 aromatic carbocycles. The maximum absolute atomic E-state index is 12.5. The second-order valence-corrected chi connectivity index (χ2v) is 7.36. The molecule has 0 heterocycles. The van der Waals surface area contributed by atoms with Gasteiger partial charge in [-0.3, -0.25) is 4.79 Å². The summed E-state index contributed by atoms with van der Waals surface area (Å²) in [6, 6.07) is 17.3. The zero-order chi connectivity index (χ0) is 24.5. The quantitative estimate of drug-likeness (QED) is 0.414. The number of esters is 1. The lowest BCUT2D eigenvalue weighted by Crippen LogP contribution is -2.21. The first-order chi connectivity index (χ1) is 16.4. The molecule has 3 rings (SSSR count). The lowest BCUT2D eigenvalue weighted by molar-refractivity contribution is -0.119. The van der Waals surface area contributed by atoms with Crippen LogP contribution < -0.4 is 24.3 Å². The van der Waals surface area contributed by atoms with Gasteiger partial charge in [0.15, 0.2) is 18.1 Å². The Morgan fingerprint density at radius 1 is 0.824 bits per heavy atom. The standard InChI is InChI=1S/C25H24ClNO7/c1-30-21-13-22(31-2)19(12-18(21)26)27-24(28)15-34-25(29)17-9-10-20(23(11-17)32-3)33-14-16-7-5-4-6-8-16/h4-13H,14-15H2,1-3H3,(H,27,28). The molecule has 8 nitrogen and oxygen atoms in total. The summed E-state index contributed by atoms with van der Waals surface area (Å²) in [4.78, 5) is 24.8. The Labute approximate surface area is 202 Å². The summed E-state index contributed by atoms with van der Waals surface area (Å²) in [7, 11) is 4.38. The van der Waals surface area contributed by atoms with Crippen LogP contribution in [-0.2, 0) is 16.1 Å². The van der Waals surface area contributed by atoms with Crippen LogP contribution in [0.25, 0.3) is 0 Å². The van der Waals surface area contributed by atoms with Gasteiger partial charge in [0.1, 0.15) is 18.1 Å². The highest BCUT2D eigenvalue weighted by Crippen LogP contribution is 2.36. The van der Waals surface area contributed by atoms with Crippen LogP contribution >= 0.6 is 11.6 Å². The zero-order valence-electron chi connectivity index (χ0n) is 18.9. The van der Waals surface area contributed by atoms with Gasteiger partial charge in [0, 0.05) is 6.07 Å². The van der Waals surface area contributed by atoms with Gasteiger partial charge in [-0.1, -0.05) is 41.9 Å². The van der Waals surface area contributed by atoms with E-state index in [9.17, 15) is 9.59 Å². The van der Waals surface area contributed by atoms with Crippen molar-refractivity contribution in [3.05, 3.63) is 76.8 Å². The molecule has 178 valence electrons. The number of methoxy groups -OCH3 is 3. The van der Waals surface area contributed by atoms with Crippen LogP contribution in [0.1, 0.15) is 15.9 Å². The van der Waals surface area contributed by atoms with Crippen LogP contribution in [0.15, 0.2) is 60.7 Å². The van der Waals surface area contributed by atoms with E-state index in [2.05, 4.69) is 5.32 Å². The zero-order valence-corrected chi connectivity index (χ0v) is 19.7. The number of carbonyl (C=O) groups excluding carboxylic acids is 2. The van der Waals surface area contributed by atoms with Gasteiger partial charge in [-0.2, -0.15) is 0 Å². The predicted molar refractivity (Wildman–Crippen MR) is 127 cm³/mol. The normalized spacial score (nSPS) is 10.2. The summed E-state index contributed by atoms with van der Waals surface area (Å²) in [5.74, 6) is 0.326. The van der Waals surface area contributed by atoms with E-state index in [1.54, 1.807) is 6.07 Å². The number of nitrogens with one attached hydrogen (secondary N) is 1. The van der Waals surface area contributed by atoms with E-state index in [0.29, 0.717) is 35.3 Å². The summed E-state index contributed by atoms with van der Waals surface area (Å²) in [6.07, 6.45) is 0. The minimum absolute atomic E-state index is 0.210. The van der Waals surface area contributed by atoms with E-state index in [0.717, 1.165) is 5.56 Å². The summed E-state index contributed by atoms with van der Waals surface area (Å²) < 4.78 is 26.6. The number of carbonyl (C=O) groups is 2. The first kappa shape index (κ1) is 24.7. The molecule has 0 fully saturated rings. The molecule has 1 amide bonds. The largest absolute Gasteiger partial charge is 0.495 e. The van der Waals surface area contributed by atoms with Crippen molar-refractivity contribution in [3.8, 4) is 23.0 Å². The van der Waals surface area contributed by atoms with Crippen LogP contribution in [0.2, 0.25) is 5.02 Å². The number of rotatable bonds is 10. The van der Waals surface area contributed by atoms with Gasteiger partial charge in [-0.05, 0) is 29.8 Å². The number of hydrogen-bond donors (Lipinski definition) is 1. The highest BCUT2D eigenvalue weighted by atomic mass is 35.5. The van der Waals surface area contributed by atoms with E-state index in [-0.39, 0.29) is 10.6 Å². The highest BCUT2D eigenvalue weighted by molar-refractivity contribution is 6.32. The molecule has 0 aliphatic rings. The Balaban J connectivity index is 1.60. The smallest absolute Gasteiger partial charge is 0.338 e. The van der Waals surface area contributed by atoms with Crippen LogP contribution in [0.3, 0.4) is 0 Å². The molecule has 9 heteroatoms. The van der Waals surface area contributed by atoms with Crippen molar-refractivity contribution in [1.82, 2.24) is 0 Å². The van der Waals surface area contributed by atoms with Crippen molar-refractivity contribution in [2.24, 2.45) is 0 Å². The second kappa shape index (κ2) is 11.8. The second-order valence-electron chi connectivity index (χ2n) is 6.95. The van der Waals surface area contributed by atoms with Gasteiger partial charge < -0.3 is 29.0 Å². The predicted octanol–water partition coefficient (Wildman–Crippen LogP) is 4.74. The highest BCUT2D eigenvalue weighted by Gasteiger charge is 2.16. The van der Waals surface area contributed by atoms with E-state index in [1.807, 2.05) is 30.3 Å². The minimum Gasteiger partial charge on any atom is -0.495 e. The maximum atomic E-state index is 12.5. The van der Waals surface area contributed by atoms with Crippen molar-refractivity contribution < 1.29 is 33.3 Å². The summed E-state index contributed by atoms with van der Waals surface area (Å²) >= 11 is 6.11. The van der Waals surface area contributed by atoms with Crippen molar-refractivity contribution in [2.45, 2.75) is 6.61 Å². The monoisotopic (exact) mass is 485 g/mol. The average molecular weight is 486 g/mol. The molecule has 0 aliphatic heterocycles. The Morgan fingerprint density at radius 2 is 1.53 bits per heavy atom. The minimum atomic E-state index is -0.692. The van der Waals surface area contributed by atoms with Crippen molar-refractivity contribution in [2.75, 3.05) is 33.3 Å². The topological polar surface area (TPSA) is 92.3 Å². The maximum Gasteiger partial charge on any atom is 0.338 e. The third-order valence-corrected chi connectivity index (χ3v) is 5.01. The molecule has 0 unspecified atom stereocenters. The van der Waals surface area contributed by atoms with Crippen LogP contribution in [-0.4, -0.2) is 39.8 Å². The molecule has 34 heavy (non-hydrogen) atoms. The van der Waals surface area contributed by atoms with Crippen molar-refractivity contribution >= 4 is 29.2 Å². The van der Waals surface area contributed by atoms with Gasteiger partial charge >= 0.3 is 5.97 Å². The van der Waals surface area contributed by atoms with Crippen molar-refractivity contribution in [3.63, 3.8) is 0 Å². The van der Waals surface area contributed by atoms with Gasteiger partial charge in [0.25, 0.3) is 5.91 Å². The molecule has 0 saturated carbocycles. The first-order valence-electron chi connectivity index (χ1n) is 10.2. The Morgan fingerprint density at radius 3 is 2.21 bits per heavy atom.